The van der Waals surface area contributed by atoms with Crippen LogP contribution in [0.4, 0.5) is 5.69 Å². The minimum atomic E-state index is 0.252. The Hall–Kier alpha value is -0.830. The highest BCUT2D eigenvalue weighted by atomic mass is 79.9. The molecule has 0 N–H and O–H groups in total. The lowest BCUT2D eigenvalue weighted by Crippen LogP contribution is -2.27. The van der Waals surface area contributed by atoms with Crippen LogP contribution >= 0.6 is 15.9 Å². The number of unbranched alkanes of at least 4 members (excludes halogenated alkanes) is 5. The van der Waals surface area contributed by atoms with Gasteiger partial charge in [-0.15, -0.1) is 0 Å². The number of benzene rings is 1. The first-order chi connectivity index (χ1) is 9.22. The Kier molecular flexibility index (Phi) is 5.44. The van der Waals surface area contributed by atoms with Crippen molar-refractivity contribution in [2.24, 2.45) is 0 Å². The number of rotatable bonds is 7. The number of fused-ring (bicyclic) bond motifs is 1. The van der Waals surface area contributed by atoms with Gasteiger partial charge in [-0.25, -0.2) is 0 Å². The molecule has 1 aromatic carbocycles. The van der Waals surface area contributed by atoms with Crippen LogP contribution in [0.15, 0.2) is 22.7 Å². The summed E-state index contributed by atoms with van der Waals surface area (Å²) in [7, 11) is 0. The van der Waals surface area contributed by atoms with E-state index in [1.807, 2.05) is 11.0 Å². The fourth-order valence-electron chi connectivity index (χ4n) is 2.65. The van der Waals surface area contributed by atoms with E-state index < -0.39 is 0 Å². The topological polar surface area (TPSA) is 20.3 Å². The molecule has 0 aliphatic carbocycles. The van der Waals surface area contributed by atoms with Crippen LogP contribution in [0.5, 0.6) is 0 Å². The number of amides is 1. The summed E-state index contributed by atoms with van der Waals surface area (Å²) >= 11 is 3.46. The zero-order valence-corrected chi connectivity index (χ0v) is 13.2. The van der Waals surface area contributed by atoms with Crippen LogP contribution in [0, 0.1) is 0 Å². The maximum absolute atomic E-state index is 12.0. The second-order valence-corrected chi connectivity index (χ2v) is 6.18. The molecule has 1 heterocycles. The third-order valence-electron chi connectivity index (χ3n) is 3.71. The minimum absolute atomic E-state index is 0.252. The number of halogens is 1. The Labute approximate surface area is 124 Å². The molecule has 19 heavy (non-hydrogen) atoms. The van der Waals surface area contributed by atoms with E-state index in [4.69, 9.17) is 0 Å². The van der Waals surface area contributed by atoms with Gasteiger partial charge in [0.05, 0.1) is 6.42 Å². The summed E-state index contributed by atoms with van der Waals surface area (Å²) < 4.78 is 1.06. The normalized spacial score (nSPS) is 14.0. The van der Waals surface area contributed by atoms with Crippen LogP contribution in [-0.4, -0.2) is 12.5 Å². The molecule has 1 aliphatic rings. The summed E-state index contributed by atoms with van der Waals surface area (Å²) in [5.74, 6) is 0.252. The molecule has 0 atom stereocenters. The van der Waals surface area contributed by atoms with Gasteiger partial charge in [-0.3, -0.25) is 4.79 Å². The molecule has 104 valence electrons. The third-order valence-corrected chi connectivity index (χ3v) is 4.20. The first kappa shape index (κ1) is 14.6. The number of nitrogens with zero attached hydrogens (tertiary/aromatic N) is 1. The predicted octanol–water partition coefficient (Wildman–Crippen LogP) is 4.70. The van der Waals surface area contributed by atoms with Crippen LogP contribution in [0.1, 0.15) is 51.0 Å². The van der Waals surface area contributed by atoms with E-state index in [1.165, 1.54) is 32.1 Å². The second-order valence-electron chi connectivity index (χ2n) is 5.26. The number of carbonyl (C=O) groups is 1. The van der Waals surface area contributed by atoms with Gasteiger partial charge in [-0.1, -0.05) is 55.0 Å². The van der Waals surface area contributed by atoms with E-state index in [1.54, 1.807) is 0 Å². The Morgan fingerprint density at radius 1 is 1.16 bits per heavy atom. The van der Waals surface area contributed by atoms with Gasteiger partial charge >= 0.3 is 0 Å². The van der Waals surface area contributed by atoms with Gasteiger partial charge in [0.1, 0.15) is 0 Å². The first-order valence-corrected chi connectivity index (χ1v) is 8.10. The summed E-state index contributed by atoms with van der Waals surface area (Å²) in [4.78, 5) is 14.0. The van der Waals surface area contributed by atoms with Crippen molar-refractivity contribution in [3.8, 4) is 0 Å². The lowest BCUT2D eigenvalue weighted by molar-refractivity contribution is -0.117. The van der Waals surface area contributed by atoms with Gasteiger partial charge in [0.25, 0.3) is 0 Å². The SMILES string of the molecule is CCCCCCCCN1C(=O)Cc2cc(Br)ccc21. The molecule has 1 aliphatic heterocycles. The predicted molar refractivity (Wildman–Crippen MR) is 83.6 cm³/mol. The molecule has 0 fully saturated rings. The molecule has 0 aromatic heterocycles. The molecule has 0 saturated carbocycles. The number of hydrogen-bond donors (Lipinski definition) is 0. The molecule has 0 radical (unpaired) electrons. The monoisotopic (exact) mass is 323 g/mol. The molecule has 3 heteroatoms. The first-order valence-electron chi connectivity index (χ1n) is 7.31. The van der Waals surface area contributed by atoms with Crippen LogP contribution in [0.2, 0.25) is 0 Å². The smallest absolute Gasteiger partial charge is 0.231 e. The average molecular weight is 324 g/mol. The Bertz CT molecular complexity index is 444. The van der Waals surface area contributed by atoms with Crippen LogP contribution in [-0.2, 0) is 11.2 Å². The van der Waals surface area contributed by atoms with Gasteiger partial charge in [0.2, 0.25) is 5.91 Å². The molecule has 0 spiro atoms. The fourth-order valence-corrected chi connectivity index (χ4v) is 3.06. The zero-order chi connectivity index (χ0) is 13.7. The summed E-state index contributed by atoms with van der Waals surface area (Å²) in [5, 5.41) is 0. The molecule has 0 saturated heterocycles. The molecular weight excluding hydrogens is 302 g/mol. The van der Waals surface area contributed by atoms with Crippen molar-refractivity contribution in [2.75, 3.05) is 11.4 Å². The van der Waals surface area contributed by atoms with E-state index in [0.717, 1.165) is 28.7 Å². The second kappa shape index (κ2) is 7.09. The molecule has 1 aromatic rings. The molecule has 2 rings (SSSR count). The van der Waals surface area contributed by atoms with Crippen molar-refractivity contribution >= 4 is 27.5 Å². The highest BCUT2D eigenvalue weighted by Crippen LogP contribution is 2.31. The quantitative estimate of drug-likeness (QED) is 0.666. The number of carbonyl (C=O) groups excluding carboxylic acids is 1. The van der Waals surface area contributed by atoms with Gasteiger partial charge in [0.15, 0.2) is 0 Å². The van der Waals surface area contributed by atoms with E-state index in [-0.39, 0.29) is 5.91 Å². The van der Waals surface area contributed by atoms with Crippen molar-refractivity contribution in [3.05, 3.63) is 28.2 Å². The highest BCUT2D eigenvalue weighted by Gasteiger charge is 2.26. The standard InChI is InChI=1S/C16H22BrNO/c1-2-3-4-5-6-7-10-18-15-9-8-14(17)11-13(15)12-16(18)19/h8-9,11H,2-7,10,12H2,1H3. The van der Waals surface area contributed by atoms with E-state index >= 15 is 0 Å². The molecule has 1 amide bonds. The van der Waals surface area contributed by atoms with Crippen molar-refractivity contribution in [3.63, 3.8) is 0 Å². The molecular formula is C16H22BrNO. The Morgan fingerprint density at radius 3 is 2.68 bits per heavy atom. The molecule has 2 nitrogen and oxygen atoms in total. The maximum atomic E-state index is 12.0. The molecule has 0 bridgehead atoms. The van der Waals surface area contributed by atoms with E-state index in [2.05, 4.69) is 35.0 Å². The zero-order valence-electron chi connectivity index (χ0n) is 11.6. The minimum Gasteiger partial charge on any atom is -0.312 e. The Morgan fingerprint density at radius 2 is 1.89 bits per heavy atom. The number of hydrogen-bond acceptors (Lipinski definition) is 1. The average Bonchev–Trinajstić information content (AvgIpc) is 2.69. The van der Waals surface area contributed by atoms with Gasteiger partial charge in [0, 0.05) is 16.7 Å². The van der Waals surface area contributed by atoms with Crippen LogP contribution in [0.3, 0.4) is 0 Å². The molecule has 0 unspecified atom stereocenters. The van der Waals surface area contributed by atoms with Gasteiger partial charge < -0.3 is 4.90 Å². The Balaban J connectivity index is 1.83. The van der Waals surface area contributed by atoms with Crippen molar-refractivity contribution in [1.29, 1.82) is 0 Å². The third kappa shape index (κ3) is 3.82. The van der Waals surface area contributed by atoms with Crippen molar-refractivity contribution in [2.45, 2.75) is 51.9 Å². The summed E-state index contributed by atoms with van der Waals surface area (Å²) in [6, 6.07) is 6.14. The van der Waals surface area contributed by atoms with E-state index in [9.17, 15) is 4.79 Å². The lowest BCUT2D eigenvalue weighted by atomic mass is 10.1. The van der Waals surface area contributed by atoms with E-state index in [0.29, 0.717) is 6.42 Å². The highest BCUT2D eigenvalue weighted by molar-refractivity contribution is 9.10. The van der Waals surface area contributed by atoms with Crippen LogP contribution in [0.25, 0.3) is 0 Å². The maximum Gasteiger partial charge on any atom is 0.231 e. The van der Waals surface area contributed by atoms with Crippen molar-refractivity contribution < 1.29 is 4.79 Å². The van der Waals surface area contributed by atoms with Crippen LogP contribution < -0.4 is 4.90 Å². The number of anilines is 1. The van der Waals surface area contributed by atoms with Gasteiger partial charge in [-0.2, -0.15) is 0 Å². The lowest BCUT2D eigenvalue weighted by Gasteiger charge is -2.17. The van der Waals surface area contributed by atoms with Crippen molar-refractivity contribution in [1.82, 2.24) is 0 Å². The summed E-state index contributed by atoms with van der Waals surface area (Å²) in [6.07, 6.45) is 8.15. The fraction of sp³-hybridized carbons (Fsp3) is 0.562. The largest absolute Gasteiger partial charge is 0.312 e. The summed E-state index contributed by atoms with van der Waals surface area (Å²) in [5.41, 5.74) is 2.27. The summed E-state index contributed by atoms with van der Waals surface area (Å²) in [6.45, 7) is 3.11. The van der Waals surface area contributed by atoms with Gasteiger partial charge in [-0.05, 0) is 30.2 Å².